The number of aromatic nitrogens is 4. The molecule has 32 heavy (non-hydrogen) atoms. The van der Waals surface area contributed by atoms with E-state index in [0.717, 1.165) is 39.9 Å². The molecule has 9 nitrogen and oxygen atoms in total. The fourth-order valence-electron chi connectivity index (χ4n) is 2.91. The minimum atomic E-state index is -0.201. The van der Waals surface area contributed by atoms with Crippen LogP contribution in [0, 0.1) is 0 Å². The van der Waals surface area contributed by atoms with Crippen molar-refractivity contribution >= 4 is 34.5 Å². The number of methoxy groups -OCH3 is 1. The molecule has 0 aliphatic heterocycles. The molecular weight excluding hydrogens is 428 g/mol. The van der Waals surface area contributed by atoms with Gasteiger partial charge in [-0.2, -0.15) is 5.10 Å². The van der Waals surface area contributed by atoms with Crippen LogP contribution in [0.3, 0.4) is 0 Å². The van der Waals surface area contributed by atoms with E-state index < -0.39 is 0 Å². The SMILES string of the molecule is CCCSc1nc(NC(C)C)c2cnn(CCNC(=O)COc3ccc(OC)cc3)c2n1. The number of hydrogen-bond acceptors (Lipinski definition) is 8. The number of ether oxygens (including phenoxy) is 2. The number of rotatable bonds is 12. The van der Waals surface area contributed by atoms with Gasteiger partial charge in [-0.1, -0.05) is 18.7 Å². The summed E-state index contributed by atoms with van der Waals surface area (Å²) in [5, 5.41) is 12.3. The molecule has 2 heterocycles. The van der Waals surface area contributed by atoms with E-state index in [4.69, 9.17) is 14.5 Å². The number of benzene rings is 1. The van der Waals surface area contributed by atoms with Crippen molar-refractivity contribution in [3.05, 3.63) is 30.5 Å². The Hall–Kier alpha value is -3.01. The Morgan fingerprint density at radius 1 is 1.19 bits per heavy atom. The molecule has 0 spiro atoms. The molecule has 2 aromatic heterocycles. The van der Waals surface area contributed by atoms with Crippen LogP contribution in [0.5, 0.6) is 11.5 Å². The van der Waals surface area contributed by atoms with Crippen molar-refractivity contribution in [2.24, 2.45) is 0 Å². The van der Waals surface area contributed by atoms with Crippen molar-refractivity contribution in [2.45, 2.75) is 44.9 Å². The van der Waals surface area contributed by atoms with Crippen LogP contribution in [-0.4, -0.2) is 57.7 Å². The standard InChI is InChI=1S/C22H30N6O3S/c1-5-12-32-22-26-20(25-15(2)3)18-13-24-28(21(18)27-22)11-10-23-19(29)14-31-17-8-6-16(30-4)7-9-17/h6-9,13,15H,5,10-12,14H2,1-4H3,(H,23,29)(H,25,26,27). The van der Waals surface area contributed by atoms with Crippen LogP contribution in [0.25, 0.3) is 11.0 Å². The first kappa shape index (κ1) is 23.6. The molecule has 2 N–H and O–H groups in total. The number of nitrogens with zero attached hydrogens (tertiary/aromatic N) is 4. The maximum Gasteiger partial charge on any atom is 0.258 e. The third-order valence-electron chi connectivity index (χ3n) is 4.41. The summed E-state index contributed by atoms with van der Waals surface area (Å²) in [7, 11) is 1.60. The van der Waals surface area contributed by atoms with E-state index in [1.54, 1.807) is 54.0 Å². The first-order valence-electron chi connectivity index (χ1n) is 10.7. The van der Waals surface area contributed by atoms with Gasteiger partial charge >= 0.3 is 0 Å². The normalized spacial score (nSPS) is 11.0. The van der Waals surface area contributed by atoms with E-state index >= 15 is 0 Å². The maximum absolute atomic E-state index is 12.1. The van der Waals surface area contributed by atoms with Crippen molar-refractivity contribution in [3.8, 4) is 11.5 Å². The van der Waals surface area contributed by atoms with Gasteiger partial charge in [0, 0.05) is 18.3 Å². The molecule has 0 aliphatic rings. The molecule has 0 saturated carbocycles. The zero-order valence-electron chi connectivity index (χ0n) is 18.9. The molecule has 0 saturated heterocycles. The third kappa shape index (κ3) is 6.49. The van der Waals surface area contributed by atoms with Gasteiger partial charge in [-0.15, -0.1) is 0 Å². The summed E-state index contributed by atoms with van der Waals surface area (Å²) in [6, 6.07) is 7.34. The summed E-state index contributed by atoms with van der Waals surface area (Å²) < 4.78 is 12.4. The van der Waals surface area contributed by atoms with E-state index in [2.05, 4.69) is 41.5 Å². The monoisotopic (exact) mass is 458 g/mol. The van der Waals surface area contributed by atoms with Gasteiger partial charge in [-0.05, 0) is 44.5 Å². The van der Waals surface area contributed by atoms with Gasteiger partial charge in [-0.3, -0.25) is 4.79 Å². The maximum atomic E-state index is 12.1. The number of amides is 1. The van der Waals surface area contributed by atoms with Crippen molar-refractivity contribution in [1.82, 2.24) is 25.1 Å². The Kier molecular flexibility index (Phi) is 8.55. The Balaban J connectivity index is 1.59. The lowest BCUT2D eigenvalue weighted by Gasteiger charge is -2.12. The zero-order chi connectivity index (χ0) is 22.9. The predicted molar refractivity (Wildman–Crippen MR) is 127 cm³/mol. The lowest BCUT2D eigenvalue weighted by atomic mass is 10.3. The molecule has 0 aliphatic carbocycles. The average molecular weight is 459 g/mol. The van der Waals surface area contributed by atoms with Crippen molar-refractivity contribution in [3.63, 3.8) is 0 Å². The van der Waals surface area contributed by atoms with Crippen LogP contribution in [0.15, 0.2) is 35.6 Å². The highest BCUT2D eigenvalue weighted by Gasteiger charge is 2.14. The van der Waals surface area contributed by atoms with Gasteiger partial charge in [-0.25, -0.2) is 14.6 Å². The summed E-state index contributed by atoms with van der Waals surface area (Å²) in [6.07, 6.45) is 2.81. The number of carbonyl (C=O) groups is 1. The predicted octanol–water partition coefficient (Wildman–Crippen LogP) is 3.35. The average Bonchev–Trinajstić information content (AvgIpc) is 3.19. The molecule has 3 aromatic rings. The van der Waals surface area contributed by atoms with Crippen LogP contribution in [0.2, 0.25) is 0 Å². The highest BCUT2D eigenvalue weighted by atomic mass is 32.2. The molecule has 1 aromatic carbocycles. The molecule has 172 valence electrons. The minimum Gasteiger partial charge on any atom is -0.497 e. The smallest absolute Gasteiger partial charge is 0.258 e. The van der Waals surface area contributed by atoms with Crippen molar-refractivity contribution < 1.29 is 14.3 Å². The third-order valence-corrected chi connectivity index (χ3v) is 5.46. The van der Waals surface area contributed by atoms with Crippen molar-refractivity contribution in [1.29, 1.82) is 0 Å². The zero-order valence-corrected chi connectivity index (χ0v) is 19.7. The van der Waals surface area contributed by atoms with Crippen LogP contribution in [0.1, 0.15) is 27.2 Å². The number of fused-ring (bicyclic) bond motifs is 1. The molecule has 10 heteroatoms. The topological polar surface area (TPSA) is 103 Å². The van der Waals surface area contributed by atoms with Gasteiger partial charge in [0.1, 0.15) is 17.3 Å². The first-order chi connectivity index (χ1) is 15.5. The van der Waals surface area contributed by atoms with E-state index in [9.17, 15) is 4.79 Å². The second kappa shape index (κ2) is 11.6. The fraction of sp³-hybridized carbons (Fsp3) is 0.455. The van der Waals surface area contributed by atoms with Gasteiger partial charge in [0.15, 0.2) is 17.4 Å². The molecule has 0 unspecified atom stereocenters. The van der Waals surface area contributed by atoms with Gasteiger partial charge in [0.25, 0.3) is 5.91 Å². The number of anilines is 1. The summed E-state index contributed by atoms with van der Waals surface area (Å²) in [5.41, 5.74) is 0.755. The molecule has 0 atom stereocenters. The molecule has 0 radical (unpaired) electrons. The molecular formula is C22H30N6O3S. The first-order valence-corrected chi connectivity index (χ1v) is 11.6. The second-order valence-electron chi connectivity index (χ2n) is 7.42. The molecule has 0 fully saturated rings. The van der Waals surface area contributed by atoms with E-state index in [0.29, 0.717) is 18.8 Å². The molecule has 1 amide bonds. The number of hydrogen-bond donors (Lipinski definition) is 2. The Morgan fingerprint density at radius 3 is 2.62 bits per heavy atom. The Bertz CT molecular complexity index is 1020. The minimum absolute atomic E-state index is 0.0609. The van der Waals surface area contributed by atoms with Crippen LogP contribution in [-0.2, 0) is 11.3 Å². The largest absolute Gasteiger partial charge is 0.497 e. The van der Waals surface area contributed by atoms with Gasteiger partial charge in [0.05, 0.1) is 25.2 Å². The summed E-state index contributed by atoms with van der Waals surface area (Å²) in [5.74, 6) is 2.88. The van der Waals surface area contributed by atoms with E-state index in [1.807, 2.05) is 0 Å². The number of thioether (sulfide) groups is 1. The molecule has 0 bridgehead atoms. The lowest BCUT2D eigenvalue weighted by molar-refractivity contribution is -0.123. The van der Waals surface area contributed by atoms with Gasteiger partial charge in [0.2, 0.25) is 0 Å². The van der Waals surface area contributed by atoms with Gasteiger partial charge < -0.3 is 20.1 Å². The quantitative estimate of drug-likeness (QED) is 0.315. The highest BCUT2D eigenvalue weighted by molar-refractivity contribution is 7.99. The lowest BCUT2D eigenvalue weighted by Crippen LogP contribution is -2.31. The van der Waals surface area contributed by atoms with E-state index in [-0.39, 0.29) is 18.6 Å². The summed E-state index contributed by atoms with van der Waals surface area (Å²) in [4.78, 5) is 21.5. The van der Waals surface area contributed by atoms with Crippen LogP contribution >= 0.6 is 11.8 Å². The Labute approximate surface area is 192 Å². The summed E-state index contributed by atoms with van der Waals surface area (Å²) in [6.45, 7) is 7.12. The van der Waals surface area contributed by atoms with Crippen molar-refractivity contribution in [2.75, 3.05) is 31.3 Å². The van der Waals surface area contributed by atoms with Crippen LogP contribution in [0.4, 0.5) is 5.82 Å². The fourth-order valence-corrected chi connectivity index (χ4v) is 3.61. The van der Waals surface area contributed by atoms with Crippen LogP contribution < -0.4 is 20.1 Å². The molecule has 3 rings (SSSR count). The van der Waals surface area contributed by atoms with E-state index in [1.165, 1.54) is 0 Å². The summed E-state index contributed by atoms with van der Waals surface area (Å²) >= 11 is 1.63. The highest BCUT2D eigenvalue weighted by Crippen LogP contribution is 2.25. The number of nitrogens with one attached hydrogen (secondary N) is 2. The number of carbonyl (C=O) groups excluding carboxylic acids is 1. The second-order valence-corrected chi connectivity index (χ2v) is 8.48. The Morgan fingerprint density at radius 2 is 1.94 bits per heavy atom.